The van der Waals surface area contributed by atoms with Gasteiger partial charge in [-0.3, -0.25) is 0 Å². The molecule has 0 heterocycles. The average molecular weight is 174 g/mol. The summed E-state index contributed by atoms with van der Waals surface area (Å²) in [4.78, 5) is 0. The zero-order valence-electron chi connectivity index (χ0n) is 8.38. The fraction of sp³-hybridized carbons (Fsp3) is 1.00. The van der Waals surface area contributed by atoms with Gasteiger partial charge in [-0.2, -0.15) is 0 Å². The normalized spacial score (nSPS) is 16.5. The maximum Gasteiger partial charge on any atom is 0.0675 e. The molecule has 0 aromatic rings. The highest BCUT2D eigenvalue weighted by Gasteiger charge is 2.10. The van der Waals surface area contributed by atoms with Crippen molar-refractivity contribution in [3.8, 4) is 0 Å². The lowest BCUT2D eigenvalue weighted by Gasteiger charge is -2.20. The van der Waals surface area contributed by atoms with Crippen LogP contribution in [0.25, 0.3) is 0 Å². The number of aliphatic hydroxyl groups is 1. The number of nitrogens with one attached hydrogen (secondary N) is 1. The van der Waals surface area contributed by atoms with E-state index in [0.717, 1.165) is 12.8 Å². The second-order valence-electron chi connectivity index (χ2n) is 3.33. The van der Waals surface area contributed by atoms with Crippen molar-refractivity contribution in [3.63, 3.8) is 0 Å². The molecule has 74 valence electrons. The number of hydrogen-bond donors (Lipinski definition) is 3. The Morgan fingerprint density at radius 2 is 1.83 bits per heavy atom. The number of hydrogen-bond acceptors (Lipinski definition) is 3. The molecule has 0 aromatic heterocycles. The highest BCUT2D eigenvalue weighted by atomic mass is 16.3. The maximum absolute atomic E-state index is 9.11. The molecule has 0 bridgehead atoms. The van der Waals surface area contributed by atoms with Crippen LogP contribution in [-0.4, -0.2) is 29.8 Å². The molecule has 0 amide bonds. The van der Waals surface area contributed by atoms with Gasteiger partial charge in [-0.05, 0) is 19.8 Å². The average Bonchev–Trinajstić information content (AvgIpc) is 2.05. The van der Waals surface area contributed by atoms with Crippen molar-refractivity contribution in [2.24, 2.45) is 5.73 Å². The van der Waals surface area contributed by atoms with Crippen LogP contribution in [0, 0.1) is 0 Å². The van der Waals surface area contributed by atoms with E-state index < -0.39 is 6.10 Å². The van der Waals surface area contributed by atoms with Gasteiger partial charge in [0.1, 0.15) is 0 Å². The maximum atomic E-state index is 9.11. The van der Waals surface area contributed by atoms with Gasteiger partial charge in [0.05, 0.1) is 6.10 Å². The van der Waals surface area contributed by atoms with Crippen molar-refractivity contribution >= 4 is 0 Å². The molecule has 0 aliphatic heterocycles. The second kappa shape index (κ2) is 6.40. The third kappa shape index (κ3) is 4.70. The van der Waals surface area contributed by atoms with Gasteiger partial charge in [-0.1, -0.05) is 13.8 Å². The largest absolute Gasteiger partial charge is 0.392 e. The first-order chi connectivity index (χ1) is 5.61. The summed E-state index contributed by atoms with van der Waals surface area (Å²) in [5.74, 6) is 0. The van der Waals surface area contributed by atoms with E-state index in [2.05, 4.69) is 19.2 Å². The molecule has 0 aliphatic carbocycles. The molecule has 0 spiro atoms. The Bertz CT molecular complexity index is 101. The van der Waals surface area contributed by atoms with Gasteiger partial charge >= 0.3 is 0 Å². The standard InChI is InChI=1S/C9H22N2O/c1-4-8(5-2)11-6-9(10)7(3)12/h7-9,11-12H,4-6,10H2,1-3H3. The van der Waals surface area contributed by atoms with Gasteiger partial charge < -0.3 is 16.2 Å². The third-order valence-electron chi connectivity index (χ3n) is 2.25. The zero-order chi connectivity index (χ0) is 9.56. The molecule has 2 unspecified atom stereocenters. The van der Waals surface area contributed by atoms with E-state index in [0.29, 0.717) is 12.6 Å². The minimum atomic E-state index is -0.424. The molecule has 0 saturated heterocycles. The predicted molar refractivity (Wildman–Crippen MR) is 52.0 cm³/mol. The fourth-order valence-corrected chi connectivity index (χ4v) is 1.05. The first-order valence-corrected chi connectivity index (χ1v) is 4.78. The van der Waals surface area contributed by atoms with Gasteiger partial charge in [0.25, 0.3) is 0 Å². The number of nitrogens with two attached hydrogens (primary N) is 1. The van der Waals surface area contributed by atoms with E-state index in [4.69, 9.17) is 10.8 Å². The number of rotatable bonds is 6. The van der Waals surface area contributed by atoms with Crippen molar-refractivity contribution in [1.29, 1.82) is 0 Å². The molecule has 3 nitrogen and oxygen atoms in total. The van der Waals surface area contributed by atoms with Crippen molar-refractivity contribution in [2.45, 2.75) is 51.8 Å². The highest BCUT2D eigenvalue weighted by molar-refractivity contribution is 4.73. The van der Waals surface area contributed by atoms with Crippen molar-refractivity contribution in [3.05, 3.63) is 0 Å². The molecule has 2 atom stereocenters. The summed E-state index contributed by atoms with van der Waals surface area (Å²) < 4.78 is 0. The summed E-state index contributed by atoms with van der Waals surface area (Å²) in [6, 6.07) is 0.389. The highest BCUT2D eigenvalue weighted by Crippen LogP contribution is 1.96. The molecule has 0 fully saturated rings. The van der Waals surface area contributed by atoms with Crippen LogP contribution in [-0.2, 0) is 0 Å². The minimum Gasteiger partial charge on any atom is -0.392 e. The Balaban J connectivity index is 3.51. The van der Waals surface area contributed by atoms with Crippen LogP contribution >= 0.6 is 0 Å². The smallest absolute Gasteiger partial charge is 0.0675 e. The predicted octanol–water partition coefficient (Wildman–Crippen LogP) is 0.473. The molecule has 0 aliphatic rings. The quantitative estimate of drug-likeness (QED) is 0.549. The van der Waals surface area contributed by atoms with Gasteiger partial charge in [0, 0.05) is 18.6 Å². The van der Waals surface area contributed by atoms with E-state index in [9.17, 15) is 0 Å². The third-order valence-corrected chi connectivity index (χ3v) is 2.25. The zero-order valence-corrected chi connectivity index (χ0v) is 8.38. The lowest BCUT2D eigenvalue weighted by atomic mass is 10.1. The first kappa shape index (κ1) is 11.9. The topological polar surface area (TPSA) is 58.3 Å². The van der Waals surface area contributed by atoms with Crippen molar-refractivity contribution in [1.82, 2.24) is 5.32 Å². The monoisotopic (exact) mass is 174 g/mol. The van der Waals surface area contributed by atoms with Crippen LogP contribution in [0.1, 0.15) is 33.6 Å². The summed E-state index contributed by atoms with van der Waals surface area (Å²) in [5.41, 5.74) is 5.66. The van der Waals surface area contributed by atoms with E-state index >= 15 is 0 Å². The van der Waals surface area contributed by atoms with Gasteiger partial charge in [0.2, 0.25) is 0 Å². The van der Waals surface area contributed by atoms with E-state index in [1.807, 2.05) is 0 Å². The molecule has 4 N–H and O–H groups in total. The Hall–Kier alpha value is -0.120. The summed E-state index contributed by atoms with van der Waals surface area (Å²) in [6.07, 6.45) is 1.80. The Morgan fingerprint density at radius 1 is 1.33 bits per heavy atom. The van der Waals surface area contributed by atoms with Crippen LogP contribution in [0.15, 0.2) is 0 Å². The van der Waals surface area contributed by atoms with E-state index in [-0.39, 0.29) is 6.04 Å². The fourth-order valence-electron chi connectivity index (χ4n) is 1.05. The Morgan fingerprint density at radius 3 is 2.17 bits per heavy atom. The van der Waals surface area contributed by atoms with E-state index in [1.165, 1.54) is 0 Å². The Kier molecular flexibility index (Phi) is 6.34. The second-order valence-corrected chi connectivity index (χ2v) is 3.33. The van der Waals surface area contributed by atoms with Crippen LogP contribution in [0.5, 0.6) is 0 Å². The van der Waals surface area contributed by atoms with E-state index in [1.54, 1.807) is 6.92 Å². The summed E-state index contributed by atoms with van der Waals surface area (Å²) >= 11 is 0. The lowest BCUT2D eigenvalue weighted by Crippen LogP contribution is -2.44. The molecular weight excluding hydrogens is 152 g/mol. The summed E-state index contributed by atoms with van der Waals surface area (Å²) in [5, 5.41) is 12.4. The van der Waals surface area contributed by atoms with Crippen LogP contribution < -0.4 is 11.1 Å². The Labute approximate surface area is 75.3 Å². The first-order valence-electron chi connectivity index (χ1n) is 4.78. The number of aliphatic hydroxyl groups excluding tert-OH is 1. The van der Waals surface area contributed by atoms with Crippen LogP contribution in [0.3, 0.4) is 0 Å². The summed E-state index contributed by atoms with van der Waals surface area (Å²) in [6.45, 7) is 6.72. The molecule has 0 saturated carbocycles. The van der Waals surface area contributed by atoms with Gasteiger partial charge in [-0.15, -0.1) is 0 Å². The molecule has 0 rings (SSSR count). The van der Waals surface area contributed by atoms with Crippen molar-refractivity contribution in [2.75, 3.05) is 6.54 Å². The molecule has 3 heteroatoms. The molecule has 12 heavy (non-hydrogen) atoms. The van der Waals surface area contributed by atoms with Gasteiger partial charge in [0.15, 0.2) is 0 Å². The molecule has 0 aromatic carbocycles. The van der Waals surface area contributed by atoms with Crippen molar-refractivity contribution < 1.29 is 5.11 Å². The summed E-state index contributed by atoms with van der Waals surface area (Å²) in [7, 11) is 0. The van der Waals surface area contributed by atoms with Gasteiger partial charge in [-0.25, -0.2) is 0 Å². The van der Waals surface area contributed by atoms with Crippen LogP contribution in [0.2, 0.25) is 0 Å². The molecule has 0 radical (unpaired) electrons. The SMILES string of the molecule is CCC(CC)NCC(N)C(C)O. The minimum absolute atomic E-state index is 0.148. The van der Waals surface area contributed by atoms with Crippen LogP contribution in [0.4, 0.5) is 0 Å². The lowest BCUT2D eigenvalue weighted by molar-refractivity contribution is 0.160. The molecular formula is C9H22N2O.